The van der Waals surface area contributed by atoms with E-state index in [1.165, 1.54) is 25.3 Å². The number of hydrogen-bond donors (Lipinski definition) is 2. The molecule has 0 radical (unpaired) electrons. The van der Waals surface area contributed by atoms with Crippen molar-refractivity contribution in [1.82, 2.24) is 5.32 Å². The van der Waals surface area contributed by atoms with Crippen LogP contribution in [0.3, 0.4) is 0 Å². The third-order valence-electron chi connectivity index (χ3n) is 5.59. The molecule has 0 saturated carbocycles. The molecule has 1 aliphatic rings. The Morgan fingerprint density at radius 3 is 2.29 bits per heavy atom. The van der Waals surface area contributed by atoms with Crippen LogP contribution in [0.15, 0.2) is 77.7 Å². The second-order valence-electron chi connectivity index (χ2n) is 8.11. The van der Waals surface area contributed by atoms with Crippen LogP contribution in [0.4, 0.5) is 4.39 Å². The van der Waals surface area contributed by atoms with E-state index in [-0.39, 0.29) is 35.4 Å². The Balaban J connectivity index is 0.000000261. The Labute approximate surface area is 204 Å². The summed E-state index contributed by atoms with van der Waals surface area (Å²) in [5.74, 6) is 0.199. The molecule has 2 atom stereocenters. The molecular formula is C26H28FNO6S. The lowest BCUT2D eigenvalue weighted by atomic mass is 10.1. The average molecular weight is 502 g/mol. The van der Waals surface area contributed by atoms with Gasteiger partial charge in [0.2, 0.25) is 0 Å². The van der Waals surface area contributed by atoms with Crippen molar-refractivity contribution in [3.05, 3.63) is 95.3 Å². The van der Waals surface area contributed by atoms with Gasteiger partial charge in [-0.2, -0.15) is 8.42 Å². The van der Waals surface area contributed by atoms with Crippen LogP contribution in [0, 0.1) is 12.7 Å². The van der Waals surface area contributed by atoms with Gasteiger partial charge in [0.25, 0.3) is 10.1 Å². The minimum Gasteiger partial charge on any atom is -0.489 e. The molecule has 1 fully saturated rings. The summed E-state index contributed by atoms with van der Waals surface area (Å²) in [5, 5.41) is 3.28. The number of nitrogens with one attached hydrogen (secondary N) is 1. The smallest absolute Gasteiger partial charge is 0.322 e. The van der Waals surface area contributed by atoms with E-state index in [1.807, 2.05) is 31.2 Å². The first-order valence-corrected chi connectivity index (χ1v) is 12.5. The van der Waals surface area contributed by atoms with Crippen molar-refractivity contribution in [2.45, 2.75) is 43.4 Å². The Hall–Kier alpha value is -3.27. The fraction of sp³-hybridized carbons (Fsp3) is 0.269. The molecule has 1 aliphatic heterocycles. The zero-order valence-corrected chi connectivity index (χ0v) is 20.3. The first-order valence-electron chi connectivity index (χ1n) is 11.0. The van der Waals surface area contributed by atoms with Crippen LogP contribution >= 0.6 is 0 Å². The number of rotatable bonds is 6. The second-order valence-corrected chi connectivity index (χ2v) is 9.53. The fourth-order valence-electron chi connectivity index (χ4n) is 3.62. The molecule has 0 aromatic heterocycles. The standard InChI is InChI=1S/C19H20FNO3.C7H8O3S/c1-23-19(22)18-11-10-17(21-18)13-6-8-15(9-7-13)24-12-14-4-2-3-5-16(14)20;1-6-2-4-7(5-3-6)11(8,9)10/h2-9,17-18,21H,10-12H2,1H3;2-5H,1H3,(H,8,9,10)/t17-,18+;/m1./s1. The molecule has 35 heavy (non-hydrogen) atoms. The van der Waals surface area contributed by atoms with E-state index in [2.05, 4.69) is 5.32 Å². The van der Waals surface area contributed by atoms with E-state index in [0.717, 1.165) is 24.0 Å². The van der Waals surface area contributed by atoms with E-state index in [0.29, 0.717) is 11.3 Å². The van der Waals surface area contributed by atoms with E-state index in [9.17, 15) is 17.6 Å². The summed E-state index contributed by atoms with van der Waals surface area (Å²) in [5.41, 5.74) is 2.58. The molecule has 4 rings (SSSR count). The molecule has 7 nitrogen and oxygen atoms in total. The summed E-state index contributed by atoms with van der Waals surface area (Å²) in [4.78, 5) is 11.5. The van der Waals surface area contributed by atoms with Crippen molar-refractivity contribution in [3.8, 4) is 5.75 Å². The highest BCUT2D eigenvalue weighted by molar-refractivity contribution is 7.85. The second kappa shape index (κ2) is 11.9. The van der Waals surface area contributed by atoms with Crippen LogP contribution in [-0.4, -0.2) is 32.1 Å². The fourth-order valence-corrected chi connectivity index (χ4v) is 4.10. The third kappa shape index (κ3) is 7.61. The molecule has 0 spiro atoms. The van der Waals surface area contributed by atoms with Gasteiger partial charge < -0.3 is 9.47 Å². The lowest BCUT2D eigenvalue weighted by Gasteiger charge is -2.14. The molecule has 3 aromatic carbocycles. The van der Waals surface area contributed by atoms with Crippen molar-refractivity contribution >= 4 is 16.1 Å². The zero-order chi connectivity index (χ0) is 25.4. The van der Waals surface area contributed by atoms with Crippen molar-refractivity contribution in [3.63, 3.8) is 0 Å². The molecule has 0 bridgehead atoms. The number of aryl methyl sites for hydroxylation is 1. The molecule has 1 saturated heterocycles. The molecule has 0 aliphatic carbocycles. The van der Waals surface area contributed by atoms with Crippen LogP contribution in [0.5, 0.6) is 5.75 Å². The van der Waals surface area contributed by atoms with Gasteiger partial charge in [-0.1, -0.05) is 48.0 Å². The molecule has 186 valence electrons. The van der Waals surface area contributed by atoms with Crippen LogP contribution in [0.1, 0.15) is 35.6 Å². The molecule has 2 N–H and O–H groups in total. The zero-order valence-electron chi connectivity index (χ0n) is 19.5. The normalized spacial score (nSPS) is 17.3. The molecular weight excluding hydrogens is 473 g/mol. The number of hydrogen-bond acceptors (Lipinski definition) is 6. The Bertz CT molecular complexity index is 1230. The van der Waals surface area contributed by atoms with E-state index >= 15 is 0 Å². The number of ether oxygens (including phenoxy) is 2. The molecule has 9 heteroatoms. The number of halogens is 1. The van der Waals surface area contributed by atoms with Gasteiger partial charge in [0, 0.05) is 11.6 Å². The van der Waals surface area contributed by atoms with E-state index in [4.69, 9.17) is 14.0 Å². The predicted molar refractivity (Wildman–Crippen MR) is 129 cm³/mol. The molecule has 0 amide bonds. The Kier molecular flexibility index (Phi) is 8.97. The highest BCUT2D eigenvalue weighted by Gasteiger charge is 2.30. The van der Waals surface area contributed by atoms with Gasteiger partial charge in [-0.05, 0) is 55.7 Å². The monoisotopic (exact) mass is 501 g/mol. The molecule has 0 unspecified atom stereocenters. The Morgan fingerprint density at radius 2 is 1.69 bits per heavy atom. The van der Waals surface area contributed by atoms with Crippen LogP contribution in [0.25, 0.3) is 0 Å². The van der Waals surface area contributed by atoms with Crippen LogP contribution in [0.2, 0.25) is 0 Å². The summed E-state index contributed by atoms with van der Waals surface area (Å²) >= 11 is 0. The SMILES string of the molecule is COC(=O)[C@@H]1CC[C@H](c2ccc(OCc3ccccc3F)cc2)N1.Cc1ccc(S(=O)(=O)O)cc1. The largest absolute Gasteiger partial charge is 0.489 e. The number of carbonyl (C=O) groups excluding carboxylic acids is 1. The van der Waals surface area contributed by atoms with Gasteiger partial charge in [0.15, 0.2) is 0 Å². The van der Waals surface area contributed by atoms with Gasteiger partial charge in [-0.3, -0.25) is 14.7 Å². The maximum atomic E-state index is 13.6. The maximum Gasteiger partial charge on any atom is 0.322 e. The summed E-state index contributed by atoms with van der Waals surface area (Å²) in [6.07, 6.45) is 1.65. The predicted octanol–water partition coefficient (Wildman–Crippen LogP) is 4.61. The van der Waals surface area contributed by atoms with Gasteiger partial charge in [0.05, 0.1) is 12.0 Å². The van der Waals surface area contributed by atoms with Gasteiger partial charge in [-0.15, -0.1) is 0 Å². The minimum atomic E-state index is -4.02. The quantitative estimate of drug-likeness (QED) is 0.376. The van der Waals surface area contributed by atoms with Gasteiger partial charge in [0.1, 0.15) is 24.2 Å². The van der Waals surface area contributed by atoms with Crippen molar-refractivity contribution in [2.24, 2.45) is 0 Å². The van der Waals surface area contributed by atoms with Crippen LogP contribution < -0.4 is 10.1 Å². The lowest BCUT2D eigenvalue weighted by Crippen LogP contribution is -2.33. The molecule has 1 heterocycles. The van der Waals surface area contributed by atoms with Gasteiger partial charge in [-0.25, -0.2) is 4.39 Å². The highest BCUT2D eigenvalue weighted by atomic mass is 32.2. The van der Waals surface area contributed by atoms with Gasteiger partial charge >= 0.3 is 5.97 Å². The van der Waals surface area contributed by atoms with Crippen molar-refractivity contribution in [1.29, 1.82) is 0 Å². The highest BCUT2D eigenvalue weighted by Crippen LogP contribution is 2.28. The maximum absolute atomic E-state index is 13.6. The first-order chi connectivity index (χ1) is 16.7. The summed E-state index contributed by atoms with van der Waals surface area (Å²) in [6, 6.07) is 20.1. The summed E-state index contributed by atoms with van der Waals surface area (Å²) in [6.45, 7) is 2.03. The Morgan fingerprint density at radius 1 is 1.03 bits per heavy atom. The van der Waals surface area contributed by atoms with Crippen molar-refractivity contribution in [2.75, 3.05) is 7.11 Å². The number of esters is 1. The van der Waals surface area contributed by atoms with Crippen LogP contribution in [-0.2, 0) is 26.3 Å². The topological polar surface area (TPSA) is 102 Å². The lowest BCUT2D eigenvalue weighted by molar-refractivity contribution is -0.142. The summed E-state index contributed by atoms with van der Waals surface area (Å²) in [7, 11) is -2.62. The minimum absolute atomic E-state index is 0.0666. The number of carbonyl (C=O) groups is 1. The average Bonchev–Trinajstić information content (AvgIpc) is 3.34. The summed E-state index contributed by atoms with van der Waals surface area (Å²) < 4.78 is 53.5. The van der Waals surface area contributed by atoms with E-state index in [1.54, 1.807) is 30.3 Å². The van der Waals surface area contributed by atoms with Crippen molar-refractivity contribution < 1.29 is 31.6 Å². The first kappa shape index (κ1) is 26.3. The molecule has 3 aromatic rings. The number of benzene rings is 3. The third-order valence-corrected chi connectivity index (χ3v) is 6.45. The van der Waals surface area contributed by atoms with E-state index < -0.39 is 10.1 Å². The number of methoxy groups -OCH3 is 1.